The maximum absolute atomic E-state index is 11.2. The molecule has 0 spiro atoms. The third-order valence-corrected chi connectivity index (χ3v) is 2.79. The first kappa shape index (κ1) is 12.6. The first-order valence-corrected chi connectivity index (χ1v) is 6.15. The first-order valence-electron chi connectivity index (χ1n) is 5.61. The van der Waals surface area contributed by atoms with Crippen molar-refractivity contribution in [2.24, 2.45) is 7.05 Å². The lowest BCUT2D eigenvalue weighted by molar-refractivity contribution is -0.114. The highest BCUT2D eigenvalue weighted by molar-refractivity contribution is 6.29. The number of rotatable bonds is 4. The Morgan fingerprint density at radius 3 is 2.78 bits per heavy atom. The second-order valence-corrected chi connectivity index (χ2v) is 4.26. The molecule has 94 valence electrons. The van der Waals surface area contributed by atoms with Crippen LogP contribution in [0.3, 0.4) is 0 Å². The van der Waals surface area contributed by atoms with Gasteiger partial charge < -0.3 is 5.32 Å². The minimum atomic E-state index is -0.231. The molecule has 1 N–H and O–H groups in total. The number of halogens is 1. The van der Waals surface area contributed by atoms with E-state index in [9.17, 15) is 4.79 Å². The van der Waals surface area contributed by atoms with E-state index in [2.05, 4.69) is 10.4 Å². The summed E-state index contributed by atoms with van der Waals surface area (Å²) in [6.07, 6.45) is 0.741. The highest BCUT2D eigenvalue weighted by Crippen LogP contribution is 2.13. The van der Waals surface area contributed by atoms with Gasteiger partial charge in [0.25, 0.3) is 0 Å². The van der Waals surface area contributed by atoms with Crippen LogP contribution in [-0.4, -0.2) is 21.6 Å². The fraction of sp³-hybridized carbons (Fsp3) is 0.231. The van der Waals surface area contributed by atoms with Gasteiger partial charge in [-0.3, -0.25) is 9.48 Å². The van der Waals surface area contributed by atoms with E-state index in [1.165, 1.54) is 5.56 Å². The van der Waals surface area contributed by atoms with Crippen molar-refractivity contribution in [3.8, 4) is 0 Å². The molecular weight excluding hydrogens is 250 g/mol. The van der Waals surface area contributed by atoms with Crippen LogP contribution in [0.2, 0.25) is 0 Å². The quantitative estimate of drug-likeness (QED) is 0.860. The van der Waals surface area contributed by atoms with Crippen LogP contribution in [0.1, 0.15) is 11.3 Å². The zero-order chi connectivity index (χ0) is 13.0. The van der Waals surface area contributed by atoms with Crippen molar-refractivity contribution in [1.29, 1.82) is 0 Å². The molecule has 1 aromatic carbocycles. The third kappa shape index (κ3) is 3.11. The Hall–Kier alpha value is -1.81. The summed E-state index contributed by atoms with van der Waals surface area (Å²) in [7, 11) is 1.79. The number of aryl methyl sites for hydroxylation is 1. The maximum atomic E-state index is 11.2. The second-order valence-electron chi connectivity index (χ2n) is 3.99. The molecule has 18 heavy (non-hydrogen) atoms. The number of nitrogens with zero attached hydrogens (tertiary/aromatic N) is 2. The standard InChI is InChI=1S/C13H14ClN3O/c1-17-12(15-13(18)9-14)8-11(16-17)7-10-5-3-2-4-6-10/h2-6,8H,7,9H2,1H3,(H,15,18). The number of nitrogens with one attached hydrogen (secondary N) is 1. The van der Waals surface area contributed by atoms with Crippen molar-refractivity contribution in [1.82, 2.24) is 9.78 Å². The van der Waals surface area contributed by atoms with E-state index in [1.807, 2.05) is 36.4 Å². The van der Waals surface area contributed by atoms with Crippen molar-refractivity contribution in [2.45, 2.75) is 6.42 Å². The SMILES string of the molecule is Cn1nc(Cc2ccccc2)cc1NC(=O)CCl. The van der Waals surface area contributed by atoms with Crippen LogP contribution in [0.5, 0.6) is 0 Å². The first-order chi connectivity index (χ1) is 8.69. The van der Waals surface area contributed by atoms with Gasteiger partial charge in [-0.25, -0.2) is 0 Å². The summed E-state index contributed by atoms with van der Waals surface area (Å²) >= 11 is 5.45. The molecule has 0 aliphatic heterocycles. The molecule has 0 fully saturated rings. The van der Waals surface area contributed by atoms with E-state index in [0.29, 0.717) is 5.82 Å². The zero-order valence-corrected chi connectivity index (χ0v) is 10.8. The number of carbonyl (C=O) groups excluding carboxylic acids is 1. The van der Waals surface area contributed by atoms with Crippen LogP contribution in [0.4, 0.5) is 5.82 Å². The van der Waals surface area contributed by atoms with Crippen LogP contribution in [0.25, 0.3) is 0 Å². The van der Waals surface area contributed by atoms with Gasteiger partial charge in [0.2, 0.25) is 5.91 Å². The summed E-state index contributed by atoms with van der Waals surface area (Å²) < 4.78 is 1.64. The Labute approximate surface area is 111 Å². The molecule has 0 aliphatic carbocycles. The molecule has 0 bridgehead atoms. The minimum absolute atomic E-state index is 0.0564. The molecule has 0 radical (unpaired) electrons. The maximum Gasteiger partial charge on any atom is 0.240 e. The Morgan fingerprint density at radius 2 is 2.11 bits per heavy atom. The molecule has 0 saturated carbocycles. The van der Waals surface area contributed by atoms with Gasteiger partial charge in [0.15, 0.2) is 0 Å². The lowest BCUT2D eigenvalue weighted by Crippen LogP contribution is -2.15. The Morgan fingerprint density at radius 1 is 1.39 bits per heavy atom. The third-order valence-electron chi connectivity index (χ3n) is 2.55. The number of hydrogen-bond donors (Lipinski definition) is 1. The molecule has 0 atom stereocenters. The van der Waals surface area contributed by atoms with E-state index in [0.717, 1.165) is 12.1 Å². The molecule has 1 heterocycles. The fourth-order valence-electron chi connectivity index (χ4n) is 1.71. The summed E-state index contributed by atoms with van der Waals surface area (Å²) in [6, 6.07) is 11.9. The van der Waals surface area contributed by atoms with E-state index >= 15 is 0 Å². The fourth-order valence-corrected chi connectivity index (χ4v) is 1.78. The van der Waals surface area contributed by atoms with Crippen molar-refractivity contribution in [3.63, 3.8) is 0 Å². The van der Waals surface area contributed by atoms with E-state index < -0.39 is 0 Å². The molecule has 1 amide bonds. The largest absolute Gasteiger partial charge is 0.310 e. The van der Waals surface area contributed by atoms with Gasteiger partial charge in [0.1, 0.15) is 11.7 Å². The summed E-state index contributed by atoms with van der Waals surface area (Å²) in [4.78, 5) is 11.2. The molecule has 0 aliphatic rings. The predicted octanol–water partition coefficient (Wildman–Crippen LogP) is 2.19. The van der Waals surface area contributed by atoms with Gasteiger partial charge in [-0.15, -0.1) is 11.6 Å². The number of carbonyl (C=O) groups is 1. The molecule has 2 rings (SSSR count). The van der Waals surface area contributed by atoms with Crippen LogP contribution in [0, 0.1) is 0 Å². The molecule has 1 aromatic heterocycles. The van der Waals surface area contributed by atoms with E-state index in [4.69, 9.17) is 11.6 Å². The number of hydrogen-bond acceptors (Lipinski definition) is 2. The van der Waals surface area contributed by atoms with Crippen molar-refractivity contribution < 1.29 is 4.79 Å². The molecule has 0 unspecified atom stereocenters. The second kappa shape index (κ2) is 5.69. The highest BCUT2D eigenvalue weighted by atomic mass is 35.5. The van der Waals surface area contributed by atoms with E-state index in [1.54, 1.807) is 11.7 Å². The Bertz CT molecular complexity index is 536. The Kier molecular flexibility index (Phi) is 3.99. The molecule has 4 nitrogen and oxygen atoms in total. The molecular formula is C13H14ClN3O. The Balaban J connectivity index is 2.11. The summed E-state index contributed by atoms with van der Waals surface area (Å²) in [6.45, 7) is 0. The van der Waals surface area contributed by atoms with Crippen molar-refractivity contribution >= 4 is 23.3 Å². The topological polar surface area (TPSA) is 46.9 Å². The lowest BCUT2D eigenvalue weighted by Gasteiger charge is -2.00. The van der Waals surface area contributed by atoms with Crippen molar-refractivity contribution in [3.05, 3.63) is 47.7 Å². The number of amides is 1. The number of alkyl halides is 1. The monoisotopic (exact) mass is 263 g/mol. The molecule has 2 aromatic rings. The summed E-state index contributed by atoms with van der Waals surface area (Å²) in [5.74, 6) is 0.372. The smallest absolute Gasteiger partial charge is 0.240 e. The van der Waals surface area contributed by atoms with Gasteiger partial charge in [-0.05, 0) is 5.56 Å². The van der Waals surface area contributed by atoms with Gasteiger partial charge >= 0.3 is 0 Å². The normalized spacial score (nSPS) is 10.3. The van der Waals surface area contributed by atoms with E-state index in [-0.39, 0.29) is 11.8 Å². The number of benzene rings is 1. The van der Waals surface area contributed by atoms with Gasteiger partial charge in [0.05, 0.1) is 5.69 Å². The summed E-state index contributed by atoms with van der Waals surface area (Å²) in [5, 5.41) is 7.05. The van der Waals surface area contributed by atoms with Crippen LogP contribution in [-0.2, 0) is 18.3 Å². The lowest BCUT2D eigenvalue weighted by atomic mass is 10.1. The van der Waals surface area contributed by atoms with Crippen LogP contribution < -0.4 is 5.32 Å². The van der Waals surface area contributed by atoms with Crippen molar-refractivity contribution in [2.75, 3.05) is 11.2 Å². The van der Waals surface area contributed by atoms with Gasteiger partial charge in [0, 0.05) is 19.5 Å². The minimum Gasteiger partial charge on any atom is -0.310 e. The highest BCUT2D eigenvalue weighted by Gasteiger charge is 2.08. The number of anilines is 1. The van der Waals surface area contributed by atoms with Crippen LogP contribution >= 0.6 is 11.6 Å². The average Bonchev–Trinajstić information content (AvgIpc) is 2.70. The average molecular weight is 264 g/mol. The molecule has 5 heteroatoms. The predicted molar refractivity (Wildman–Crippen MR) is 71.8 cm³/mol. The zero-order valence-electron chi connectivity index (χ0n) is 10.1. The van der Waals surface area contributed by atoms with Gasteiger partial charge in [-0.2, -0.15) is 5.10 Å². The van der Waals surface area contributed by atoms with Gasteiger partial charge in [-0.1, -0.05) is 30.3 Å². The summed E-state index contributed by atoms with van der Waals surface area (Å²) in [5.41, 5.74) is 2.10. The van der Waals surface area contributed by atoms with Crippen LogP contribution in [0.15, 0.2) is 36.4 Å². The number of aromatic nitrogens is 2. The molecule has 0 saturated heterocycles.